The first-order chi connectivity index (χ1) is 13.9. The fourth-order valence-corrected chi connectivity index (χ4v) is 3.81. The average Bonchev–Trinajstić information content (AvgIpc) is 3.22. The van der Waals surface area contributed by atoms with Crippen molar-refractivity contribution in [2.24, 2.45) is 0 Å². The van der Waals surface area contributed by atoms with Crippen molar-refractivity contribution in [1.82, 2.24) is 24.6 Å². The molecule has 1 unspecified atom stereocenters. The molecule has 4 aromatic heterocycles. The van der Waals surface area contributed by atoms with Gasteiger partial charge in [-0.05, 0) is 20.8 Å². The molecule has 9 nitrogen and oxygen atoms in total. The number of fused-ring (bicyclic) bond motifs is 2. The summed E-state index contributed by atoms with van der Waals surface area (Å²) in [6, 6.07) is 0.630. The number of nitrogens with one attached hydrogen (secondary N) is 2. The molecule has 0 aliphatic heterocycles. The summed E-state index contributed by atoms with van der Waals surface area (Å²) < 4.78 is 20.9. The fourth-order valence-electron chi connectivity index (χ4n) is 3.03. The van der Waals surface area contributed by atoms with Gasteiger partial charge in [-0.25, -0.2) is 28.7 Å². The van der Waals surface area contributed by atoms with Gasteiger partial charge in [0.25, 0.3) is 0 Å². The van der Waals surface area contributed by atoms with Crippen molar-refractivity contribution in [2.75, 3.05) is 17.7 Å². The molecule has 0 saturated carbocycles. The van der Waals surface area contributed by atoms with Crippen LogP contribution in [0, 0.1) is 19.7 Å². The standard InChI is InChI=1S/C18H18FN7O2S/c1-8(28-4)14-13(6-20-17-15(14)22-10(3)29-17)24-18(27)23-11-5-12(19)16-21-9(2)25-26(16)7-11/h5-8H,1-4H3,(H2,23,24,27). The molecule has 0 aromatic carbocycles. The Labute approximate surface area is 169 Å². The maximum Gasteiger partial charge on any atom is 0.323 e. The van der Waals surface area contributed by atoms with Gasteiger partial charge in [-0.3, -0.25) is 0 Å². The minimum absolute atomic E-state index is 0.0956. The zero-order chi connectivity index (χ0) is 20.7. The van der Waals surface area contributed by atoms with Gasteiger partial charge < -0.3 is 15.4 Å². The van der Waals surface area contributed by atoms with Gasteiger partial charge in [0.05, 0.1) is 34.9 Å². The van der Waals surface area contributed by atoms with Gasteiger partial charge in [0.15, 0.2) is 11.5 Å². The Hall–Kier alpha value is -3.18. The number of urea groups is 1. The second kappa shape index (κ2) is 7.33. The van der Waals surface area contributed by atoms with Crippen molar-refractivity contribution in [2.45, 2.75) is 26.9 Å². The third kappa shape index (κ3) is 3.61. The first-order valence-corrected chi connectivity index (χ1v) is 9.56. The van der Waals surface area contributed by atoms with Crippen LogP contribution in [-0.4, -0.2) is 37.7 Å². The van der Waals surface area contributed by atoms with Gasteiger partial charge in [0, 0.05) is 18.7 Å². The molecule has 4 aromatic rings. The maximum absolute atomic E-state index is 14.2. The lowest BCUT2D eigenvalue weighted by molar-refractivity contribution is 0.121. The van der Waals surface area contributed by atoms with Gasteiger partial charge in [-0.1, -0.05) is 11.3 Å². The Balaban J connectivity index is 1.64. The summed E-state index contributed by atoms with van der Waals surface area (Å²) in [7, 11) is 1.58. The highest BCUT2D eigenvalue weighted by molar-refractivity contribution is 7.18. The molecular weight excluding hydrogens is 397 g/mol. The molecule has 0 radical (unpaired) electrons. The molecule has 0 aliphatic rings. The number of methoxy groups -OCH3 is 1. The number of aryl methyl sites for hydroxylation is 2. The van der Waals surface area contributed by atoms with E-state index >= 15 is 0 Å². The van der Waals surface area contributed by atoms with Crippen molar-refractivity contribution in [3.05, 3.63) is 40.7 Å². The third-order valence-corrected chi connectivity index (χ3v) is 5.21. The largest absolute Gasteiger partial charge is 0.377 e. The van der Waals surface area contributed by atoms with Crippen molar-refractivity contribution >= 4 is 44.7 Å². The summed E-state index contributed by atoms with van der Waals surface area (Å²) >= 11 is 1.47. The molecule has 0 saturated heterocycles. The van der Waals surface area contributed by atoms with Gasteiger partial charge in [-0.15, -0.1) is 0 Å². The smallest absolute Gasteiger partial charge is 0.323 e. The van der Waals surface area contributed by atoms with Crippen molar-refractivity contribution in [3.8, 4) is 0 Å². The van der Waals surface area contributed by atoms with E-state index in [4.69, 9.17) is 4.74 Å². The van der Waals surface area contributed by atoms with Gasteiger partial charge >= 0.3 is 6.03 Å². The predicted octanol–water partition coefficient (Wildman–Crippen LogP) is 3.84. The second-order valence-electron chi connectivity index (χ2n) is 6.43. The van der Waals surface area contributed by atoms with Crippen LogP contribution in [0.1, 0.15) is 29.4 Å². The molecule has 11 heteroatoms. The van der Waals surface area contributed by atoms with Crippen molar-refractivity contribution in [3.63, 3.8) is 0 Å². The summed E-state index contributed by atoms with van der Waals surface area (Å²) in [5, 5.41) is 10.3. The van der Waals surface area contributed by atoms with Crippen LogP contribution in [0.15, 0.2) is 18.5 Å². The van der Waals surface area contributed by atoms with Crippen LogP contribution in [0.2, 0.25) is 0 Å². The lowest BCUT2D eigenvalue weighted by Crippen LogP contribution is -2.21. The SMILES string of the molecule is COC(C)c1c(NC(=O)Nc2cc(F)c3nc(C)nn3c2)cnc2sc(C)nc12. The number of aromatic nitrogens is 5. The lowest BCUT2D eigenvalue weighted by Gasteiger charge is -2.16. The normalized spacial score (nSPS) is 12.4. The number of carbonyl (C=O) groups excluding carboxylic acids is 1. The molecule has 0 aliphatic carbocycles. The van der Waals surface area contributed by atoms with Crippen LogP contribution < -0.4 is 10.6 Å². The number of thiazole rings is 1. The van der Waals surface area contributed by atoms with E-state index in [0.29, 0.717) is 17.0 Å². The van der Waals surface area contributed by atoms with E-state index in [2.05, 4.69) is 30.7 Å². The van der Waals surface area contributed by atoms with Gasteiger partial charge in [-0.2, -0.15) is 5.10 Å². The minimum atomic E-state index is -0.585. The molecule has 4 rings (SSSR count). The topological polar surface area (TPSA) is 106 Å². The van der Waals surface area contributed by atoms with Crippen LogP contribution in [0.3, 0.4) is 0 Å². The molecule has 29 heavy (non-hydrogen) atoms. The molecule has 1 atom stereocenters. The van der Waals surface area contributed by atoms with Gasteiger partial charge in [0.2, 0.25) is 0 Å². The number of rotatable bonds is 4. The Morgan fingerprint density at radius 2 is 2.10 bits per heavy atom. The lowest BCUT2D eigenvalue weighted by atomic mass is 10.1. The first kappa shape index (κ1) is 19.2. The van der Waals surface area contributed by atoms with Gasteiger partial charge in [0.1, 0.15) is 16.2 Å². The molecule has 0 fully saturated rings. The van der Waals surface area contributed by atoms with E-state index in [1.807, 2.05) is 13.8 Å². The Morgan fingerprint density at radius 3 is 2.86 bits per heavy atom. The van der Waals surface area contributed by atoms with Crippen LogP contribution >= 0.6 is 11.3 Å². The third-order valence-electron chi connectivity index (χ3n) is 4.33. The highest BCUT2D eigenvalue weighted by atomic mass is 32.1. The number of ether oxygens (including phenoxy) is 1. The summed E-state index contributed by atoms with van der Waals surface area (Å²) in [6.07, 6.45) is 2.74. The Kier molecular flexibility index (Phi) is 4.84. The molecule has 2 N–H and O–H groups in total. The maximum atomic E-state index is 14.2. The average molecular weight is 415 g/mol. The summed E-state index contributed by atoms with van der Waals surface area (Å²) in [5.74, 6) is -0.153. The van der Waals surface area contributed by atoms with E-state index in [1.165, 1.54) is 28.1 Å². The summed E-state index contributed by atoms with van der Waals surface area (Å²) in [5.41, 5.74) is 2.21. The van der Waals surface area contributed by atoms with E-state index in [1.54, 1.807) is 20.2 Å². The molecule has 0 bridgehead atoms. The van der Waals surface area contributed by atoms with Crippen molar-refractivity contribution in [1.29, 1.82) is 0 Å². The van der Waals surface area contributed by atoms with E-state index < -0.39 is 11.8 Å². The quantitative estimate of drug-likeness (QED) is 0.524. The monoisotopic (exact) mass is 415 g/mol. The molecule has 150 valence electrons. The van der Waals surface area contributed by atoms with E-state index in [9.17, 15) is 9.18 Å². The highest BCUT2D eigenvalue weighted by Gasteiger charge is 2.20. The van der Waals surface area contributed by atoms with Crippen molar-refractivity contribution < 1.29 is 13.9 Å². The Bertz CT molecular complexity index is 1240. The fraction of sp³-hybridized carbons (Fsp3) is 0.278. The van der Waals surface area contributed by atoms with Crippen LogP contribution in [0.25, 0.3) is 16.0 Å². The summed E-state index contributed by atoms with van der Waals surface area (Å²) in [6.45, 7) is 5.42. The van der Waals surface area contributed by atoms with E-state index in [-0.39, 0.29) is 17.4 Å². The number of hydrogen-bond acceptors (Lipinski definition) is 7. The second-order valence-corrected chi connectivity index (χ2v) is 7.61. The van der Waals surface area contributed by atoms with Crippen LogP contribution in [0.5, 0.6) is 0 Å². The number of nitrogens with zero attached hydrogens (tertiary/aromatic N) is 5. The predicted molar refractivity (Wildman–Crippen MR) is 108 cm³/mol. The summed E-state index contributed by atoms with van der Waals surface area (Å²) in [4.78, 5) is 26.2. The number of hydrogen-bond donors (Lipinski definition) is 2. The molecule has 4 heterocycles. The first-order valence-electron chi connectivity index (χ1n) is 8.75. The number of pyridine rings is 2. The molecular formula is C18H18FN7O2S. The molecule has 0 spiro atoms. The minimum Gasteiger partial charge on any atom is -0.377 e. The number of carbonyl (C=O) groups is 1. The zero-order valence-electron chi connectivity index (χ0n) is 16.1. The van der Waals surface area contributed by atoms with Crippen LogP contribution in [0.4, 0.5) is 20.6 Å². The Morgan fingerprint density at radius 1 is 1.31 bits per heavy atom. The molecule has 2 amide bonds. The van der Waals surface area contributed by atoms with Crippen LogP contribution in [-0.2, 0) is 4.74 Å². The number of anilines is 2. The number of halogens is 1. The number of amides is 2. The zero-order valence-corrected chi connectivity index (χ0v) is 17.0. The highest BCUT2D eigenvalue weighted by Crippen LogP contribution is 2.33. The van der Waals surface area contributed by atoms with E-state index in [0.717, 1.165) is 15.4 Å².